The molecule has 1 N–H and O–H groups in total. The molecule has 0 aliphatic rings. The third-order valence-corrected chi connectivity index (χ3v) is 4.37. The summed E-state index contributed by atoms with van der Waals surface area (Å²) in [6.45, 7) is 1.26. The quantitative estimate of drug-likeness (QED) is 0.892. The molecule has 1 aromatic heterocycles. The monoisotopic (exact) mass is 336 g/mol. The molecule has 5 heteroatoms. The van der Waals surface area contributed by atoms with E-state index in [0.717, 1.165) is 25.5 Å². The van der Waals surface area contributed by atoms with Gasteiger partial charge in [0.15, 0.2) is 0 Å². The van der Waals surface area contributed by atoms with Gasteiger partial charge in [0.05, 0.1) is 6.61 Å². The van der Waals surface area contributed by atoms with E-state index < -0.39 is 0 Å². The number of thiophene rings is 1. The Hall–Kier alpha value is -1.35. The first kappa shape index (κ1) is 14.1. The van der Waals surface area contributed by atoms with Crippen molar-refractivity contribution in [3.63, 3.8) is 0 Å². The lowest BCUT2D eigenvalue weighted by Crippen LogP contribution is -2.02. The van der Waals surface area contributed by atoms with Crippen molar-refractivity contribution >= 4 is 33.0 Å². The zero-order chi connectivity index (χ0) is 13.7. The maximum Gasteiger partial charge on any atom is 0.110 e. The highest BCUT2D eigenvalue weighted by Gasteiger charge is 2.07. The molecule has 1 aromatic carbocycles. The van der Waals surface area contributed by atoms with Gasteiger partial charge in [-0.1, -0.05) is 22.0 Å². The molecule has 2 rings (SSSR count). The van der Waals surface area contributed by atoms with Gasteiger partial charge >= 0.3 is 0 Å². The SMILES string of the molecule is COCc1c(Br)cccc1NCc1ccc(C#N)s1. The van der Waals surface area contributed by atoms with Gasteiger partial charge in [-0.2, -0.15) is 5.26 Å². The summed E-state index contributed by atoms with van der Waals surface area (Å²) < 4.78 is 6.24. The highest BCUT2D eigenvalue weighted by atomic mass is 79.9. The van der Waals surface area contributed by atoms with Gasteiger partial charge in [-0.15, -0.1) is 11.3 Å². The van der Waals surface area contributed by atoms with Crippen LogP contribution in [0.2, 0.25) is 0 Å². The summed E-state index contributed by atoms with van der Waals surface area (Å²) in [6, 6.07) is 12.0. The first-order chi connectivity index (χ1) is 9.24. The molecule has 3 nitrogen and oxygen atoms in total. The molecule has 0 spiro atoms. The van der Waals surface area contributed by atoms with Gasteiger partial charge in [0.25, 0.3) is 0 Å². The van der Waals surface area contributed by atoms with Crippen molar-refractivity contribution in [2.45, 2.75) is 13.2 Å². The van der Waals surface area contributed by atoms with Crippen LogP contribution in [0.4, 0.5) is 5.69 Å². The maximum atomic E-state index is 8.80. The van der Waals surface area contributed by atoms with Gasteiger partial charge in [0.1, 0.15) is 10.9 Å². The van der Waals surface area contributed by atoms with E-state index in [9.17, 15) is 0 Å². The summed E-state index contributed by atoms with van der Waals surface area (Å²) in [5.74, 6) is 0. The lowest BCUT2D eigenvalue weighted by molar-refractivity contribution is 0.185. The Balaban J connectivity index is 2.11. The first-order valence-electron chi connectivity index (χ1n) is 5.73. The van der Waals surface area contributed by atoms with Crippen molar-refractivity contribution in [1.29, 1.82) is 5.26 Å². The maximum absolute atomic E-state index is 8.80. The van der Waals surface area contributed by atoms with E-state index in [0.29, 0.717) is 13.2 Å². The molecule has 0 atom stereocenters. The summed E-state index contributed by atoms with van der Waals surface area (Å²) >= 11 is 5.04. The minimum Gasteiger partial charge on any atom is -0.380 e. The van der Waals surface area contributed by atoms with Crippen LogP contribution >= 0.6 is 27.3 Å². The number of rotatable bonds is 5. The molecule has 0 fully saturated rings. The van der Waals surface area contributed by atoms with Crippen LogP contribution in [0.15, 0.2) is 34.8 Å². The number of ether oxygens (including phenoxy) is 1. The second kappa shape index (κ2) is 6.71. The van der Waals surface area contributed by atoms with Crippen molar-refractivity contribution in [3.8, 4) is 6.07 Å². The average Bonchev–Trinajstić information content (AvgIpc) is 2.87. The molecule has 0 radical (unpaired) electrons. The van der Waals surface area contributed by atoms with E-state index in [-0.39, 0.29) is 0 Å². The fraction of sp³-hybridized carbons (Fsp3) is 0.214. The minimum atomic E-state index is 0.553. The summed E-state index contributed by atoms with van der Waals surface area (Å²) in [7, 11) is 1.68. The molecule has 0 saturated heterocycles. The number of nitriles is 1. The minimum absolute atomic E-state index is 0.553. The van der Waals surface area contributed by atoms with Crippen molar-refractivity contribution in [1.82, 2.24) is 0 Å². The lowest BCUT2D eigenvalue weighted by Gasteiger charge is -2.12. The summed E-state index contributed by atoms with van der Waals surface area (Å²) in [4.78, 5) is 1.88. The van der Waals surface area contributed by atoms with E-state index in [2.05, 4.69) is 27.3 Å². The van der Waals surface area contributed by atoms with Crippen molar-refractivity contribution in [3.05, 3.63) is 50.1 Å². The van der Waals surface area contributed by atoms with E-state index in [1.165, 1.54) is 11.3 Å². The van der Waals surface area contributed by atoms with Crippen molar-refractivity contribution in [2.75, 3.05) is 12.4 Å². The second-order valence-corrected chi connectivity index (χ2v) is 5.95. The Morgan fingerprint density at radius 3 is 2.89 bits per heavy atom. The van der Waals surface area contributed by atoms with Crippen LogP contribution in [-0.4, -0.2) is 7.11 Å². The molecule has 0 saturated carbocycles. The lowest BCUT2D eigenvalue weighted by atomic mass is 10.2. The predicted octanol–water partition coefficient (Wildman–Crippen LogP) is 4.14. The summed E-state index contributed by atoms with van der Waals surface area (Å²) in [5, 5.41) is 12.2. The summed E-state index contributed by atoms with van der Waals surface area (Å²) in [5.41, 5.74) is 2.14. The molecule has 1 heterocycles. The van der Waals surface area contributed by atoms with Crippen LogP contribution in [0, 0.1) is 11.3 Å². The van der Waals surface area contributed by atoms with E-state index >= 15 is 0 Å². The molecule has 0 bridgehead atoms. The van der Waals surface area contributed by atoms with Gasteiger partial charge in [-0.25, -0.2) is 0 Å². The van der Waals surface area contributed by atoms with Crippen LogP contribution in [0.25, 0.3) is 0 Å². The zero-order valence-corrected chi connectivity index (χ0v) is 12.8. The smallest absolute Gasteiger partial charge is 0.110 e. The van der Waals surface area contributed by atoms with Crippen LogP contribution in [0.1, 0.15) is 15.3 Å². The highest BCUT2D eigenvalue weighted by Crippen LogP contribution is 2.26. The zero-order valence-electron chi connectivity index (χ0n) is 10.4. The normalized spacial score (nSPS) is 10.2. The topological polar surface area (TPSA) is 45.0 Å². The second-order valence-electron chi connectivity index (χ2n) is 3.93. The molecular formula is C14H13BrN2OS. The Bertz CT molecular complexity index is 604. The number of nitrogens with zero attached hydrogens (tertiary/aromatic N) is 1. The molecule has 0 unspecified atom stereocenters. The fourth-order valence-corrected chi connectivity index (χ4v) is 2.96. The van der Waals surface area contributed by atoms with Crippen LogP contribution < -0.4 is 5.32 Å². The van der Waals surface area contributed by atoms with Gasteiger partial charge in [-0.05, 0) is 24.3 Å². The molecule has 0 amide bonds. The molecule has 0 aliphatic heterocycles. The predicted molar refractivity (Wildman–Crippen MR) is 81.2 cm³/mol. The number of halogens is 1. The third kappa shape index (κ3) is 3.57. The van der Waals surface area contributed by atoms with E-state index in [1.807, 2.05) is 30.3 Å². The Morgan fingerprint density at radius 2 is 2.21 bits per heavy atom. The number of hydrogen-bond donors (Lipinski definition) is 1. The molecule has 98 valence electrons. The highest BCUT2D eigenvalue weighted by molar-refractivity contribution is 9.10. The van der Waals surface area contributed by atoms with Crippen LogP contribution in [0.3, 0.4) is 0 Å². The standard InChI is InChI=1S/C14H13BrN2OS/c1-18-9-12-13(15)3-2-4-14(12)17-8-11-6-5-10(7-16)19-11/h2-6,17H,8-9H2,1H3. The largest absolute Gasteiger partial charge is 0.380 e. The molecule has 2 aromatic rings. The summed E-state index contributed by atoms with van der Waals surface area (Å²) in [6.07, 6.45) is 0. The Labute approximate surface area is 125 Å². The fourth-order valence-electron chi connectivity index (χ4n) is 1.73. The number of anilines is 1. The van der Waals surface area contributed by atoms with Gasteiger partial charge < -0.3 is 10.1 Å². The third-order valence-electron chi connectivity index (χ3n) is 2.63. The van der Waals surface area contributed by atoms with E-state index in [4.69, 9.17) is 10.00 Å². The Morgan fingerprint density at radius 1 is 1.37 bits per heavy atom. The van der Waals surface area contributed by atoms with Crippen molar-refractivity contribution in [2.24, 2.45) is 0 Å². The van der Waals surface area contributed by atoms with Gasteiger partial charge in [0.2, 0.25) is 0 Å². The van der Waals surface area contributed by atoms with E-state index in [1.54, 1.807) is 7.11 Å². The van der Waals surface area contributed by atoms with Crippen LogP contribution in [0.5, 0.6) is 0 Å². The molecule has 0 aliphatic carbocycles. The van der Waals surface area contributed by atoms with Gasteiger partial charge in [0, 0.05) is 34.3 Å². The number of benzene rings is 1. The van der Waals surface area contributed by atoms with Crippen LogP contribution in [-0.2, 0) is 17.9 Å². The number of nitrogens with one attached hydrogen (secondary N) is 1. The molecule has 19 heavy (non-hydrogen) atoms. The molecular weight excluding hydrogens is 324 g/mol. The van der Waals surface area contributed by atoms with Crippen molar-refractivity contribution < 1.29 is 4.74 Å². The number of hydrogen-bond acceptors (Lipinski definition) is 4. The van der Waals surface area contributed by atoms with Gasteiger partial charge in [-0.3, -0.25) is 0 Å². The first-order valence-corrected chi connectivity index (χ1v) is 7.34. The Kier molecular flexibility index (Phi) is 4.97. The average molecular weight is 337 g/mol. The number of methoxy groups -OCH3 is 1.